The quantitative estimate of drug-likeness (QED) is 0.252. The van der Waals surface area contributed by atoms with Gasteiger partial charge in [-0.3, -0.25) is 24.1 Å². The van der Waals surface area contributed by atoms with Gasteiger partial charge in [0.25, 0.3) is 0 Å². The average Bonchev–Trinajstić information content (AvgIpc) is 3.58. The van der Waals surface area contributed by atoms with Crippen LogP contribution in [0.4, 0.5) is 17.1 Å². The molecule has 0 spiro atoms. The maximum Gasteiger partial charge on any atom is 0.238 e. The van der Waals surface area contributed by atoms with E-state index < -0.39 is 23.7 Å². The monoisotopic (exact) mass is 560 g/mol. The van der Waals surface area contributed by atoms with Crippen molar-refractivity contribution in [1.29, 1.82) is 0 Å². The Bertz CT molecular complexity index is 1740. The van der Waals surface area contributed by atoms with Crippen LogP contribution in [-0.2, 0) is 25.8 Å². The van der Waals surface area contributed by atoms with E-state index >= 15 is 0 Å². The average molecular weight is 561 g/mol. The van der Waals surface area contributed by atoms with Gasteiger partial charge >= 0.3 is 0 Å². The molecule has 42 heavy (non-hydrogen) atoms. The van der Waals surface area contributed by atoms with E-state index in [-0.39, 0.29) is 36.4 Å². The van der Waals surface area contributed by atoms with Crippen molar-refractivity contribution in [3.05, 3.63) is 113 Å². The first-order chi connectivity index (χ1) is 20.4. The van der Waals surface area contributed by atoms with Crippen molar-refractivity contribution in [2.45, 2.75) is 32.3 Å². The fourth-order valence-electron chi connectivity index (χ4n) is 6.98. The van der Waals surface area contributed by atoms with Gasteiger partial charge in [0, 0.05) is 28.1 Å². The molecule has 1 saturated heterocycles. The molecule has 2 N–H and O–H groups in total. The normalized spacial score (nSPS) is 25.1. The van der Waals surface area contributed by atoms with Gasteiger partial charge in [-0.05, 0) is 80.3 Å². The van der Waals surface area contributed by atoms with E-state index in [1.54, 1.807) is 31.2 Å². The maximum atomic E-state index is 14.1. The van der Waals surface area contributed by atoms with Crippen LogP contribution >= 0.6 is 0 Å². The van der Waals surface area contributed by atoms with Crippen molar-refractivity contribution >= 4 is 40.4 Å². The third kappa shape index (κ3) is 4.01. The lowest BCUT2D eigenvalue weighted by Gasteiger charge is -2.41. The Kier molecular flexibility index (Phi) is 6.17. The van der Waals surface area contributed by atoms with Gasteiger partial charge in [-0.15, -0.1) is 0 Å². The van der Waals surface area contributed by atoms with E-state index in [1.165, 1.54) is 11.0 Å². The molecule has 0 radical (unpaired) electrons. The van der Waals surface area contributed by atoms with Gasteiger partial charge in [0.2, 0.25) is 11.8 Å². The smallest absolute Gasteiger partial charge is 0.238 e. The number of ketones is 2. The number of imide groups is 1. The molecule has 2 amide bonds. The van der Waals surface area contributed by atoms with Crippen LogP contribution in [-0.4, -0.2) is 28.5 Å². The number of Topliss-reactive ketones (excluding diaryl/α,β-unsaturated/α-hetero) is 1. The molecular weight excluding hydrogens is 532 g/mol. The number of hydrogen-bond donors (Lipinski definition) is 2. The fraction of sp³-hybridized carbons (Fsp3) is 0.235. The Hall–Kier alpha value is -4.82. The largest absolute Gasteiger partial charge is 0.463 e. The summed E-state index contributed by atoms with van der Waals surface area (Å²) in [4.78, 5) is 55.7. The molecular formula is C34H28N2O6. The zero-order chi connectivity index (χ0) is 29.1. The first-order valence-corrected chi connectivity index (χ1v) is 14.1. The van der Waals surface area contributed by atoms with Crippen LogP contribution < -0.4 is 10.2 Å². The second-order valence-electron chi connectivity index (χ2n) is 11.2. The minimum Gasteiger partial charge on any atom is -0.463 e. The molecule has 0 unspecified atom stereocenters. The van der Waals surface area contributed by atoms with Crippen molar-refractivity contribution in [2.24, 2.45) is 17.8 Å². The van der Waals surface area contributed by atoms with Gasteiger partial charge in [-0.2, -0.15) is 0 Å². The molecule has 0 bridgehead atoms. The number of nitrogens with one attached hydrogen (secondary N) is 1. The summed E-state index contributed by atoms with van der Waals surface area (Å²) in [7, 11) is 0. The first kappa shape index (κ1) is 26.1. The number of anilines is 3. The molecule has 2 aromatic carbocycles. The lowest BCUT2D eigenvalue weighted by molar-refractivity contribution is -0.123. The van der Waals surface area contributed by atoms with Gasteiger partial charge in [0.1, 0.15) is 18.1 Å². The van der Waals surface area contributed by atoms with Gasteiger partial charge < -0.3 is 14.8 Å². The summed E-state index contributed by atoms with van der Waals surface area (Å²) in [5, 5.41) is 12.9. The Labute approximate surface area is 242 Å². The van der Waals surface area contributed by atoms with Crippen LogP contribution in [0.3, 0.4) is 0 Å². The molecule has 1 aliphatic heterocycles. The second kappa shape index (κ2) is 9.92. The number of para-hydroxylation sites is 1. The number of amides is 2. The zero-order valence-electron chi connectivity index (χ0n) is 22.9. The van der Waals surface area contributed by atoms with Crippen molar-refractivity contribution in [1.82, 2.24) is 0 Å². The predicted molar refractivity (Wildman–Crippen MR) is 155 cm³/mol. The first-order valence-electron chi connectivity index (χ1n) is 14.1. The molecule has 0 saturated carbocycles. The Balaban J connectivity index is 1.24. The maximum absolute atomic E-state index is 14.1. The van der Waals surface area contributed by atoms with Crippen LogP contribution in [0.15, 0.2) is 106 Å². The minimum absolute atomic E-state index is 0.203. The molecule has 4 atom stereocenters. The fourth-order valence-corrected chi connectivity index (χ4v) is 6.98. The summed E-state index contributed by atoms with van der Waals surface area (Å²) in [5.74, 6) is -2.61. The van der Waals surface area contributed by atoms with Gasteiger partial charge in [-0.25, -0.2) is 0 Å². The number of fused-ring (bicyclic) bond motifs is 3. The molecule has 3 aromatic rings. The Morgan fingerprint density at radius 1 is 0.905 bits per heavy atom. The number of aliphatic hydroxyl groups is 1. The summed E-state index contributed by atoms with van der Waals surface area (Å²) in [5.41, 5.74) is 4.15. The highest BCUT2D eigenvalue weighted by molar-refractivity contribution is 6.25. The van der Waals surface area contributed by atoms with Gasteiger partial charge in [0.05, 0.1) is 23.4 Å². The number of hydrogen-bond acceptors (Lipinski definition) is 7. The van der Waals surface area contributed by atoms with Crippen LogP contribution in [0.1, 0.15) is 37.2 Å². The van der Waals surface area contributed by atoms with Crippen LogP contribution in [0, 0.1) is 17.8 Å². The Morgan fingerprint density at radius 2 is 1.64 bits per heavy atom. The van der Waals surface area contributed by atoms with Crippen molar-refractivity contribution in [3.63, 3.8) is 0 Å². The standard InChI is InChI=1S/C34H28N2O6/c1-18-15-27(38)30-26(32(18)39)16-25-23(31(30)28-14-11-22(17-37)42-28)12-13-24-29(25)34(41)36(33(24)40)21-9-7-20(8-10-21)35-19-5-3-2-4-6-19/h2-12,14-15,24-25,29,31,35,37H,13,16-17H2,1H3/t24-,25+,29-,31+/m0/s1. The molecule has 210 valence electrons. The van der Waals surface area contributed by atoms with Crippen molar-refractivity contribution in [2.75, 3.05) is 10.2 Å². The van der Waals surface area contributed by atoms with E-state index in [9.17, 15) is 24.3 Å². The second-order valence-corrected chi connectivity index (χ2v) is 11.2. The minimum atomic E-state index is -0.669. The summed E-state index contributed by atoms with van der Waals surface area (Å²) >= 11 is 0. The van der Waals surface area contributed by atoms with E-state index in [2.05, 4.69) is 5.32 Å². The number of aliphatic hydroxyl groups excluding tert-OH is 1. The van der Waals surface area contributed by atoms with Crippen molar-refractivity contribution in [3.8, 4) is 0 Å². The number of rotatable bonds is 5. The topological polar surface area (TPSA) is 117 Å². The number of furan rings is 1. The van der Waals surface area contributed by atoms with E-state index in [4.69, 9.17) is 4.42 Å². The lowest BCUT2D eigenvalue weighted by atomic mass is 9.60. The molecule has 4 aliphatic rings. The highest BCUT2D eigenvalue weighted by Crippen LogP contribution is 2.55. The molecule has 2 heterocycles. The van der Waals surface area contributed by atoms with Gasteiger partial charge in [0.15, 0.2) is 11.6 Å². The van der Waals surface area contributed by atoms with E-state index in [1.807, 2.05) is 48.5 Å². The predicted octanol–water partition coefficient (Wildman–Crippen LogP) is 5.15. The molecule has 3 aliphatic carbocycles. The molecule has 7 rings (SSSR count). The number of nitrogens with zero attached hydrogens (tertiary/aromatic N) is 1. The summed E-state index contributed by atoms with van der Waals surface area (Å²) < 4.78 is 5.91. The summed E-state index contributed by atoms with van der Waals surface area (Å²) in [6.45, 7) is 1.31. The zero-order valence-corrected chi connectivity index (χ0v) is 22.9. The highest BCUT2D eigenvalue weighted by atomic mass is 16.4. The molecule has 8 heteroatoms. The van der Waals surface area contributed by atoms with Crippen LogP contribution in [0.2, 0.25) is 0 Å². The van der Waals surface area contributed by atoms with Gasteiger partial charge in [-0.1, -0.05) is 29.8 Å². The summed E-state index contributed by atoms with van der Waals surface area (Å²) in [6.07, 6.45) is 3.86. The number of carbonyl (C=O) groups excluding carboxylic acids is 4. The van der Waals surface area contributed by atoms with E-state index in [0.717, 1.165) is 16.9 Å². The third-order valence-corrected chi connectivity index (χ3v) is 8.87. The van der Waals surface area contributed by atoms with Crippen LogP contribution in [0.25, 0.3) is 0 Å². The SMILES string of the molecule is CC1=CC(=O)C2=C(C[C@@H]3C(=CC[C@@H]4C(=O)N(c5ccc(Nc6ccccc6)cc5)C(=O)[C@@H]43)[C@@H]2c2ccc(CO)o2)C1=O. The summed E-state index contributed by atoms with van der Waals surface area (Å²) in [6, 6.07) is 20.2. The lowest BCUT2D eigenvalue weighted by Crippen LogP contribution is -2.39. The number of allylic oxidation sites excluding steroid dienone is 6. The van der Waals surface area contributed by atoms with E-state index in [0.29, 0.717) is 40.3 Å². The highest BCUT2D eigenvalue weighted by Gasteiger charge is 2.57. The van der Waals surface area contributed by atoms with Crippen LogP contribution in [0.5, 0.6) is 0 Å². The molecule has 1 aromatic heterocycles. The Morgan fingerprint density at radius 3 is 2.36 bits per heavy atom. The third-order valence-electron chi connectivity index (χ3n) is 8.87. The van der Waals surface area contributed by atoms with Crippen molar-refractivity contribution < 1.29 is 28.7 Å². The number of carbonyl (C=O) groups is 4. The number of benzene rings is 2. The molecule has 8 nitrogen and oxygen atoms in total. The molecule has 1 fully saturated rings.